The summed E-state index contributed by atoms with van der Waals surface area (Å²) in [5, 5.41) is -1.81. The predicted molar refractivity (Wildman–Crippen MR) is 108 cm³/mol. The standard InChI is InChI=1S/C17H17Cl4NO4S/c1-9-5-7-10(8-6-9)27(24,25)22-17(26-16(2,3)4)14(20)11(18)13(23)12(19)15(17)21/h5-8,22H,1-4H3. The number of ketones is 1. The average Bonchev–Trinajstić information content (AvgIpc) is 2.55. The minimum atomic E-state index is -4.18. The number of halogens is 4. The Hall–Kier alpha value is -0.600. The zero-order valence-corrected chi connectivity index (χ0v) is 18.7. The van der Waals surface area contributed by atoms with Crippen molar-refractivity contribution >= 4 is 62.2 Å². The van der Waals surface area contributed by atoms with E-state index in [1.807, 2.05) is 6.92 Å². The van der Waals surface area contributed by atoms with Gasteiger partial charge < -0.3 is 4.74 Å². The smallest absolute Gasteiger partial charge is 0.243 e. The summed E-state index contributed by atoms with van der Waals surface area (Å²) in [5.41, 5.74) is -2.21. The van der Waals surface area contributed by atoms with E-state index in [4.69, 9.17) is 51.1 Å². The molecule has 0 amide bonds. The number of carbonyl (C=O) groups excluding carboxylic acids is 1. The van der Waals surface area contributed by atoms with Gasteiger partial charge in [-0.2, -0.15) is 4.72 Å². The highest BCUT2D eigenvalue weighted by molar-refractivity contribution is 7.89. The number of aryl methyl sites for hydroxylation is 1. The summed E-state index contributed by atoms with van der Waals surface area (Å²) < 4.78 is 34.1. The second-order valence-corrected chi connectivity index (χ2v) is 10.1. The van der Waals surface area contributed by atoms with Crippen LogP contribution in [0.2, 0.25) is 0 Å². The van der Waals surface area contributed by atoms with Crippen molar-refractivity contribution in [1.82, 2.24) is 4.72 Å². The van der Waals surface area contributed by atoms with Gasteiger partial charge in [-0.05, 0) is 39.8 Å². The van der Waals surface area contributed by atoms with Gasteiger partial charge in [0.05, 0.1) is 20.6 Å². The molecular weight excluding hydrogens is 456 g/mol. The number of carbonyl (C=O) groups is 1. The van der Waals surface area contributed by atoms with E-state index < -0.39 is 47.3 Å². The Balaban J connectivity index is 2.69. The van der Waals surface area contributed by atoms with Crippen molar-refractivity contribution in [2.75, 3.05) is 0 Å². The number of nitrogens with one attached hydrogen (secondary N) is 1. The van der Waals surface area contributed by atoms with Crippen molar-refractivity contribution in [3.63, 3.8) is 0 Å². The van der Waals surface area contributed by atoms with Crippen LogP contribution in [0.25, 0.3) is 0 Å². The second kappa shape index (κ2) is 7.67. The Morgan fingerprint density at radius 1 is 0.963 bits per heavy atom. The van der Waals surface area contributed by atoms with Crippen LogP contribution < -0.4 is 4.72 Å². The molecule has 0 aromatic heterocycles. The molecule has 0 unspecified atom stereocenters. The molecule has 0 aliphatic heterocycles. The molecule has 0 bridgehead atoms. The van der Waals surface area contributed by atoms with E-state index in [0.29, 0.717) is 0 Å². The Labute approximate surface area is 178 Å². The largest absolute Gasteiger partial charge is 0.344 e. The zero-order valence-electron chi connectivity index (χ0n) is 14.9. The van der Waals surface area contributed by atoms with E-state index in [1.54, 1.807) is 32.9 Å². The lowest BCUT2D eigenvalue weighted by Gasteiger charge is -2.41. The van der Waals surface area contributed by atoms with Crippen LogP contribution in [0.15, 0.2) is 49.3 Å². The molecule has 0 saturated carbocycles. The first-order chi connectivity index (χ1) is 12.2. The number of hydrogen-bond donors (Lipinski definition) is 1. The molecule has 27 heavy (non-hydrogen) atoms. The number of allylic oxidation sites excluding steroid dienone is 2. The molecule has 5 nitrogen and oxygen atoms in total. The predicted octanol–water partition coefficient (Wildman–Crippen LogP) is 4.75. The lowest BCUT2D eigenvalue weighted by Crippen LogP contribution is -2.56. The Bertz CT molecular complexity index is 916. The summed E-state index contributed by atoms with van der Waals surface area (Å²) in [7, 11) is -4.18. The summed E-state index contributed by atoms with van der Waals surface area (Å²) in [4.78, 5) is 12.0. The molecule has 10 heteroatoms. The number of sulfonamides is 1. The maximum atomic E-state index is 13.0. The molecule has 0 fully saturated rings. The van der Waals surface area contributed by atoms with E-state index in [2.05, 4.69) is 4.72 Å². The van der Waals surface area contributed by atoms with Crippen LogP contribution in [0.4, 0.5) is 0 Å². The van der Waals surface area contributed by atoms with Crippen LogP contribution in [-0.2, 0) is 19.6 Å². The van der Waals surface area contributed by atoms with Gasteiger partial charge in [0.2, 0.25) is 21.5 Å². The van der Waals surface area contributed by atoms with Gasteiger partial charge in [-0.15, -0.1) is 0 Å². The number of hydrogen-bond acceptors (Lipinski definition) is 4. The molecule has 0 spiro atoms. The molecule has 1 N–H and O–H groups in total. The van der Waals surface area contributed by atoms with Crippen LogP contribution >= 0.6 is 46.4 Å². The summed E-state index contributed by atoms with van der Waals surface area (Å²) in [6.07, 6.45) is 0. The molecule has 0 saturated heterocycles. The van der Waals surface area contributed by atoms with E-state index in [-0.39, 0.29) is 4.90 Å². The fourth-order valence-electron chi connectivity index (χ4n) is 2.33. The van der Waals surface area contributed by atoms with Gasteiger partial charge in [-0.3, -0.25) is 4.79 Å². The van der Waals surface area contributed by atoms with Crippen LogP contribution in [0, 0.1) is 6.92 Å². The second-order valence-electron chi connectivity index (χ2n) is 6.90. The number of ether oxygens (including phenoxy) is 1. The molecule has 1 aliphatic rings. The first kappa shape index (κ1) is 22.7. The first-order valence-corrected chi connectivity index (χ1v) is 10.7. The summed E-state index contributed by atoms with van der Waals surface area (Å²) in [6, 6.07) is 6.08. The van der Waals surface area contributed by atoms with Crippen molar-refractivity contribution in [3.05, 3.63) is 50.0 Å². The molecule has 0 heterocycles. The van der Waals surface area contributed by atoms with E-state index in [0.717, 1.165) is 5.56 Å². The van der Waals surface area contributed by atoms with Gasteiger partial charge in [0.15, 0.2) is 0 Å². The first-order valence-electron chi connectivity index (χ1n) is 7.68. The quantitative estimate of drug-likeness (QED) is 0.642. The maximum Gasteiger partial charge on any atom is 0.243 e. The molecule has 1 aromatic rings. The monoisotopic (exact) mass is 471 g/mol. The molecule has 148 valence electrons. The maximum absolute atomic E-state index is 13.0. The van der Waals surface area contributed by atoms with Gasteiger partial charge in [0.1, 0.15) is 10.1 Å². The third-order valence-electron chi connectivity index (χ3n) is 3.47. The molecule has 0 radical (unpaired) electrons. The Morgan fingerprint density at radius 2 is 1.41 bits per heavy atom. The fourth-order valence-corrected chi connectivity index (χ4v) is 4.76. The summed E-state index contributed by atoms with van der Waals surface area (Å²) in [6.45, 7) is 6.78. The molecular formula is C17H17Cl4NO4S. The van der Waals surface area contributed by atoms with E-state index in [1.165, 1.54) is 12.1 Å². The summed E-state index contributed by atoms with van der Waals surface area (Å²) >= 11 is 24.5. The van der Waals surface area contributed by atoms with Crippen LogP contribution in [-0.4, -0.2) is 25.5 Å². The number of benzene rings is 1. The van der Waals surface area contributed by atoms with Crippen molar-refractivity contribution in [2.24, 2.45) is 0 Å². The normalized spacial score (nSPS) is 18.3. The van der Waals surface area contributed by atoms with E-state index >= 15 is 0 Å². The highest BCUT2D eigenvalue weighted by Gasteiger charge is 2.52. The van der Waals surface area contributed by atoms with Crippen molar-refractivity contribution in [3.8, 4) is 0 Å². The highest BCUT2D eigenvalue weighted by atomic mass is 35.5. The lowest BCUT2D eigenvalue weighted by molar-refractivity contribution is -0.114. The van der Waals surface area contributed by atoms with Crippen LogP contribution in [0.5, 0.6) is 0 Å². The number of Topliss-reactive ketones (excluding diaryl/α,β-unsaturated/α-hetero) is 1. The van der Waals surface area contributed by atoms with E-state index in [9.17, 15) is 13.2 Å². The molecule has 1 aromatic carbocycles. The van der Waals surface area contributed by atoms with Gasteiger partial charge in [0.25, 0.3) is 0 Å². The molecule has 1 aliphatic carbocycles. The minimum Gasteiger partial charge on any atom is -0.344 e. The Kier molecular flexibility index (Phi) is 6.45. The van der Waals surface area contributed by atoms with Crippen molar-refractivity contribution in [1.29, 1.82) is 0 Å². The summed E-state index contributed by atoms with van der Waals surface area (Å²) in [5.74, 6) is -0.823. The average molecular weight is 473 g/mol. The van der Waals surface area contributed by atoms with Gasteiger partial charge >= 0.3 is 0 Å². The molecule has 0 atom stereocenters. The fraction of sp³-hybridized carbons (Fsp3) is 0.353. The minimum absolute atomic E-state index is 0.0527. The van der Waals surface area contributed by atoms with Crippen molar-refractivity contribution < 1.29 is 17.9 Å². The van der Waals surface area contributed by atoms with Gasteiger partial charge in [-0.25, -0.2) is 8.42 Å². The third-order valence-corrected chi connectivity index (χ3v) is 6.74. The third kappa shape index (κ3) is 4.53. The Morgan fingerprint density at radius 3 is 1.81 bits per heavy atom. The SMILES string of the molecule is Cc1ccc(S(=O)(=O)NC2(OC(C)(C)C)C(Cl)=C(Cl)C(=O)C(Cl)=C2Cl)cc1. The van der Waals surface area contributed by atoms with Crippen LogP contribution in [0.1, 0.15) is 26.3 Å². The topological polar surface area (TPSA) is 72.5 Å². The molecule has 2 rings (SSSR count). The number of rotatable bonds is 4. The van der Waals surface area contributed by atoms with Crippen LogP contribution in [0.3, 0.4) is 0 Å². The highest BCUT2D eigenvalue weighted by Crippen LogP contribution is 2.46. The van der Waals surface area contributed by atoms with Crippen molar-refractivity contribution in [2.45, 2.75) is 43.9 Å². The zero-order chi connectivity index (χ0) is 20.8. The van der Waals surface area contributed by atoms with Gasteiger partial charge in [0, 0.05) is 0 Å². The lowest BCUT2D eigenvalue weighted by atomic mass is 10.0. The van der Waals surface area contributed by atoms with Gasteiger partial charge in [-0.1, -0.05) is 64.1 Å².